The van der Waals surface area contributed by atoms with E-state index in [-0.39, 0.29) is 10.8 Å². The SMILES string of the molecule is CN1CCN(c2ccccc2CNC(=O)c2cc(S(=O)(=O)N3CCCC3)cn2C)CC1. The molecule has 2 saturated heterocycles. The molecule has 0 saturated carbocycles. The van der Waals surface area contributed by atoms with Crippen LogP contribution in [0.3, 0.4) is 0 Å². The first-order chi connectivity index (χ1) is 14.9. The predicted molar refractivity (Wildman–Crippen MR) is 121 cm³/mol. The summed E-state index contributed by atoms with van der Waals surface area (Å²) in [5.41, 5.74) is 2.54. The average molecular weight is 446 g/mol. The monoisotopic (exact) mass is 445 g/mol. The zero-order valence-electron chi connectivity index (χ0n) is 18.2. The lowest BCUT2D eigenvalue weighted by Gasteiger charge is -2.35. The highest BCUT2D eigenvalue weighted by molar-refractivity contribution is 7.89. The van der Waals surface area contributed by atoms with Crippen LogP contribution in [0.25, 0.3) is 0 Å². The Morgan fingerprint density at radius 2 is 1.68 bits per heavy atom. The van der Waals surface area contributed by atoms with Crippen molar-refractivity contribution >= 4 is 21.6 Å². The number of nitrogens with zero attached hydrogens (tertiary/aromatic N) is 4. The maximum atomic E-state index is 12.9. The van der Waals surface area contributed by atoms with Crippen LogP contribution in [-0.2, 0) is 23.6 Å². The fraction of sp³-hybridized carbons (Fsp3) is 0.500. The van der Waals surface area contributed by atoms with E-state index >= 15 is 0 Å². The van der Waals surface area contributed by atoms with Crippen molar-refractivity contribution in [2.75, 3.05) is 51.2 Å². The molecule has 1 amide bonds. The Morgan fingerprint density at radius 1 is 1.00 bits per heavy atom. The number of rotatable bonds is 6. The third-order valence-corrected chi connectivity index (χ3v) is 8.05. The number of hydrogen-bond donors (Lipinski definition) is 1. The van der Waals surface area contributed by atoms with Gasteiger partial charge in [0.25, 0.3) is 5.91 Å². The number of benzene rings is 1. The second kappa shape index (κ2) is 9.02. The van der Waals surface area contributed by atoms with Gasteiger partial charge >= 0.3 is 0 Å². The number of hydrogen-bond acceptors (Lipinski definition) is 5. The fourth-order valence-electron chi connectivity index (χ4n) is 4.26. The van der Waals surface area contributed by atoms with E-state index in [1.807, 2.05) is 18.2 Å². The maximum absolute atomic E-state index is 12.9. The minimum atomic E-state index is -3.54. The number of carbonyl (C=O) groups is 1. The molecule has 2 aromatic rings. The number of anilines is 1. The number of piperazine rings is 1. The Balaban J connectivity index is 1.46. The van der Waals surface area contributed by atoms with Crippen LogP contribution in [-0.4, -0.2) is 74.4 Å². The number of sulfonamides is 1. The molecule has 2 fully saturated rings. The Morgan fingerprint density at radius 3 is 2.39 bits per heavy atom. The number of likely N-dealkylation sites (N-methyl/N-ethyl adjacent to an activating group) is 1. The van der Waals surface area contributed by atoms with Crippen LogP contribution in [0.4, 0.5) is 5.69 Å². The molecule has 1 aromatic carbocycles. The number of aryl methyl sites for hydroxylation is 1. The number of aromatic nitrogens is 1. The van der Waals surface area contributed by atoms with Gasteiger partial charge in [-0.25, -0.2) is 8.42 Å². The molecule has 0 spiro atoms. The van der Waals surface area contributed by atoms with Gasteiger partial charge in [-0.05, 0) is 37.6 Å². The lowest BCUT2D eigenvalue weighted by molar-refractivity contribution is 0.0943. The van der Waals surface area contributed by atoms with E-state index in [4.69, 9.17) is 0 Å². The fourth-order valence-corrected chi connectivity index (χ4v) is 5.85. The number of para-hydroxylation sites is 1. The second-order valence-electron chi connectivity index (χ2n) is 8.38. The smallest absolute Gasteiger partial charge is 0.268 e. The van der Waals surface area contributed by atoms with Gasteiger partial charge in [-0.15, -0.1) is 0 Å². The zero-order chi connectivity index (χ0) is 22.0. The van der Waals surface area contributed by atoms with Crippen LogP contribution in [0, 0.1) is 0 Å². The van der Waals surface area contributed by atoms with Crippen LogP contribution >= 0.6 is 0 Å². The van der Waals surface area contributed by atoms with Gasteiger partial charge in [-0.1, -0.05) is 18.2 Å². The van der Waals surface area contributed by atoms with Crippen molar-refractivity contribution in [3.05, 3.63) is 47.8 Å². The van der Waals surface area contributed by atoms with Crippen molar-refractivity contribution < 1.29 is 13.2 Å². The van der Waals surface area contributed by atoms with E-state index < -0.39 is 10.0 Å². The summed E-state index contributed by atoms with van der Waals surface area (Å²) in [6.07, 6.45) is 3.29. The summed E-state index contributed by atoms with van der Waals surface area (Å²) >= 11 is 0. The maximum Gasteiger partial charge on any atom is 0.268 e. The molecule has 9 heteroatoms. The van der Waals surface area contributed by atoms with Gasteiger partial charge in [0.05, 0.1) is 0 Å². The summed E-state index contributed by atoms with van der Waals surface area (Å²) in [5.74, 6) is -0.279. The van der Waals surface area contributed by atoms with Crippen LogP contribution in [0.15, 0.2) is 41.4 Å². The molecule has 168 valence electrons. The first kappa shape index (κ1) is 21.9. The van der Waals surface area contributed by atoms with Crippen molar-refractivity contribution in [1.82, 2.24) is 19.1 Å². The zero-order valence-corrected chi connectivity index (χ0v) is 19.1. The van der Waals surface area contributed by atoms with Crippen molar-refractivity contribution in [1.29, 1.82) is 0 Å². The third kappa shape index (κ3) is 4.63. The van der Waals surface area contributed by atoms with E-state index in [0.29, 0.717) is 25.3 Å². The van der Waals surface area contributed by atoms with E-state index in [1.54, 1.807) is 11.6 Å². The molecule has 3 heterocycles. The Hall–Kier alpha value is -2.36. The largest absolute Gasteiger partial charge is 0.369 e. The first-order valence-electron chi connectivity index (χ1n) is 10.8. The molecule has 1 N–H and O–H groups in total. The minimum Gasteiger partial charge on any atom is -0.369 e. The Kier molecular flexibility index (Phi) is 6.36. The lowest BCUT2D eigenvalue weighted by atomic mass is 10.1. The molecule has 2 aliphatic heterocycles. The summed E-state index contributed by atoms with van der Waals surface area (Å²) in [7, 11) is 0.286. The topological polar surface area (TPSA) is 77.9 Å². The molecule has 0 radical (unpaired) electrons. The van der Waals surface area contributed by atoms with E-state index in [9.17, 15) is 13.2 Å². The molecular formula is C22H31N5O3S. The first-order valence-corrected chi connectivity index (χ1v) is 12.3. The molecule has 0 unspecified atom stereocenters. The van der Waals surface area contributed by atoms with Crippen molar-refractivity contribution in [3.8, 4) is 0 Å². The predicted octanol–water partition coefficient (Wildman–Crippen LogP) is 1.49. The van der Waals surface area contributed by atoms with Crippen LogP contribution in [0.5, 0.6) is 0 Å². The van der Waals surface area contributed by atoms with E-state index in [0.717, 1.165) is 50.3 Å². The molecule has 4 rings (SSSR count). The van der Waals surface area contributed by atoms with Gasteiger partial charge in [0, 0.05) is 64.7 Å². The van der Waals surface area contributed by atoms with Crippen molar-refractivity contribution in [2.45, 2.75) is 24.3 Å². The highest BCUT2D eigenvalue weighted by Gasteiger charge is 2.29. The number of carbonyl (C=O) groups excluding carboxylic acids is 1. The van der Waals surface area contributed by atoms with E-state index in [2.05, 4.69) is 28.2 Å². The highest BCUT2D eigenvalue weighted by Crippen LogP contribution is 2.24. The Labute approximate surface area is 184 Å². The van der Waals surface area contributed by atoms with Crippen molar-refractivity contribution in [3.63, 3.8) is 0 Å². The summed E-state index contributed by atoms with van der Waals surface area (Å²) < 4.78 is 28.7. The van der Waals surface area contributed by atoms with Gasteiger partial charge in [0.2, 0.25) is 10.0 Å². The van der Waals surface area contributed by atoms with Gasteiger partial charge < -0.3 is 19.7 Å². The van der Waals surface area contributed by atoms with Crippen LogP contribution < -0.4 is 10.2 Å². The van der Waals surface area contributed by atoms with Crippen molar-refractivity contribution in [2.24, 2.45) is 7.05 Å². The normalized spacial score (nSPS) is 18.5. The van der Waals surface area contributed by atoms with Gasteiger partial charge in [-0.3, -0.25) is 4.79 Å². The Bertz CT molecular complexity index is 1040. The molecule has 8 nitrogen and oxygen atoms in total. The molecule has 2 aliphatic rings. The highest BCUT2D eigenvalue weighted by atomic mass is 32.2. The van der Waals surface area contributed by atoms with Gasteiger partial charge in [0.15, 0.2) is 0 Å². The standard InChI is InChI=1S/C22H31N5O3S/c1-24-11-13-26(14-12-24)20-8-4-3-7-18(20)16-23-22(28)21-15-19(17-25(21)2)31(29,30)27-9-5-6-10-27/h3-4,7-8,15,17H,5-6,9-14,16H2,1-2H3,(H,23,28). The number of amides is 1. The second-order valence-corrected chi connectivity index (χ2v) is 10.3. The molecule has 31 heavy (non-hydrogen) atoms. The molecule has 1 aromatic heterocycles. The van der Waals surface area contributed by atoms with Crippen LogP contribution in [0.2, 0.25) is 0 Å². The van der Waals surface area contributed by atoms with E-state index in [1.165, 1.54) is 16.6 Å². The summed E-state index contributed by atoms with van der Waals surface area (Å²) in [5, 5.41) is 2.97. The van der Waals surface area contributed by atoms with Gasteiger partial charge in [0.1, 0.15) is 10.6 Å². The summed E-state index contributed by atoms with van der Waals surface area (Å²) in [6, 6.07) is 9.60. The number of nitrogens with one attached hydrogen (secondary N) is 1. The molecule has 0 aliphatic carbocycles. The summed E-state index contributed by atoms with van der Waals surface area (Å²) in [4.78, 5) is 17.7. The van der Waals surface area contributed by atoms with Gasteiger partial charge in [-0.2, -0.15) is 4.31 Å². The minimum absolute atomic E-state index is 0.180. The molecule has 0 atom stereocenters. The molecular weight excluding hydrogens is 414 g/mol. The third-order valence-electron chi connectivity index (χ3n) is 6.19. The average Bonchev–Trinajstić information content (AvgIpc) is 3.44. The lowest BCUT2D eigenvalue weighted by Crippen LogP contribution is -2.45. The molecule has 0 bridgehead atoms. The quantitative estimate of drug-likeness (QED) is 0.729. The summed E-state index contributed by atoms with van der Waals surface area (Å²) in [6.45, 7) is 5.41. The van der Waals surface area contributed by atoms with Crippen LogP contribution in [0.1, 0.15) is 28.9 Å².